The van der Waals surface area contributed by atoms with Gasteiger partial charge in [-0.05, 0) is 63.5 Å². The fraction of sp³-hybridized carbons (Fsp3) is 0.647. The van der Waals surface area contributed by atoms with Crippen molar-refractivity contribution in [1.29, 1.82) is 0 Å². The molecule has 1 heterocycles. The monoisotopic (exact) mass is 273 g/mol. The van der Waals surface area contributed by atoms with E-state index in [1.807, 2.05) is 0 Å². The maximum absolute atomic E-state index is 3.60. The summed E-state index contributed by atoms with van der Waals surface area (Å²) >= 11 is 0. The SMILES string of the molecule is Cc1cc(N2CCC(N(C)C)C2)ccc1CNC1CC1. The van der Waals surface area contributed by atoms with Crippen molar-refractivity contribution in [3.8, 4) is 0 Å². The van der Waals surface area contributed by atoms with E-state index in [4.69, 9.17) is 0 Å². The minimum atomic E-state index is 0.700. The minimum absolute atomic E-state index is 0.700. The van der Waals surface area contributed by atoms with Crippen LogP contribution in [0.5, 0.6) is 0 Å². The van der Waals surface area contributed by atoms with Crippen LogP contribution in [-0.2, 0) is 6.54 Å². The lowest BCUT2D eigenvalue weighted by atomic mass is 10.1. The highest BCUT2D eigenvalue weighted by Crippen LogP contribution is 2.25. The largest absolute Gasteiger partial charge is 0.370 e. The van der Waals surface area contributed by atoms with Crippen molar-refractivity contribution < 1.29 is 0 Å². The maximum Gasteiger partial charge on any atom is 0.0369 e. The Balaban J connectivity index is 1.64. The first-order chi connectivity index (χ1) is 9.63. The van der Waals surface area contributed by atoms with E-state index in [0.29, 0.717) is 6.04 Å². The molecule has 0 spiro atoms. The van der Waals surface area contributed by atoms with Crippen molar-refractivity contribution in [1.82, 2.24) is 10.2 Å². The van der Waals surface area contributed by atoms with Gasteiger partial charge in [0.05, 0.1) is 0 Å². The molecule has 1 saturated carbocycles. The molecule has 110 valence electrons. The molecule has 0 radical (unpaired) electrons. The first-order valence-corrected chi connectivity index (χ1v) is 7.88. The van der Waals surface area contributed by atoms with E-state index in [-0.39, 0.29) is 0 Å². The van der Waals surface area contributed by atoms with E-state index in [2.05, 4.69) is 54.3 Å². The van der Waals surface area contributed by atoms with Crippen LogP contribution in [0.15, 0.2) is 18.2 Å². The Labute approximate surface area is 123 Å². The molecule has 2 aliphatic rings. The maximum atomic E-state index is 3.60. The number of likely N-dealkylation sites (N-methyl/N-ethyl adjacent to an activating group) is 1. The second-order valence-electron chi connectivity index (χ2n) is 6.62. The van der Waals surface area contributed by atoms with E-state index in [1.165, 1.54) is 42.6 Å². The number of rotatable bonds is 5. The normalized spacial score (nSPS) is 22.8. The number of aryl methyl sites for hydroxylation is 1. The second kappa shape index (κ2) is 5.74. The zero-order chi connectivity index (χ0) is 14.1. The Kier molecular flexibility index (Phi) is 3.99. The minimum Gasteiger partial charge on any atom is -0.370 e. The van der Waals surface area contributed by atoms with Crippen LogP contribution in [0.2, 0.25) is 0 Å². The summed E-state index contributed by atoms with van der Waals surface area (Å²) in [6, 6.07) is 8.46. The Hall–Kier alpha value is -1.06. The van der Waals surface area contributed by atoms with Gasteiger partial charge in [0.2, 0.25) is 0 Å². The van der Waals surface area contributed by atoms with Gasteiger partial charge < -0.3 is 15.1 Å². The third-order valence-corrected chi connectivity index (χ3v) is 4.74. The molecule has 1 saturated heterocycles. The second-order valence-corrected chi connectivity index (χ2v) is 6.62. The number of anilines is 1. The molecule has 1 unspecified atom stereocenters. The zero-order valence-corrected chi connectivity index (χ0v) is 13.0. The van der Waals surface area contributed by atoms with Crippen molar-refractivity contribution in [3.63, 3.8) is 0 Å². The zero-order valence-electron chi connectivity index (χ0n) is 13.0. The summed E-state index contributed by atoms with van der Waals surface area (Å²) in [5.74, 6) is 0. The van der Waals surface area contributed by atoms with Gasteiger partial charge in [-0.25, -0.2) is 0 Å². The molecule has 1 aromatic carbocycles. The van der Waals surface area contributed by atoms with Crippen LogP contribution >= 0.6 is 0 Å². The highest BCUT2D eigenvalue weighted by atomic mass is 15.2. The van der Waals surface area contributed by atoms with Crippen molar-refractivity contribution >= 4 is 5.69 Å². The summed E-state index contributed by atoms with van der Waals surface area (Å²) in [7, 11) is 4.37. The molecule has 20 heavy (non-hydrogen) atoms. The van der Waals surface area contributed by atoms with Crippen LogP contribution in [0.25, 0.3) is 0 Å². The van der Waals surface area contributed by atoms with Gasteiger partial charge in [0, 0.05) is 37.4 Å². The smallest absolute Gasteiger partial charge is 0.0369 e. The van der Waals surface area contributed by atoms with Gasteiger partial charge in [0.15, 0.2) is 0 Å². The van der Waals surface area contributed by atoms with Gasteiger partial charge in [-0.15, -0.1) is 0 Å². The summed E-state index contributed by atoms with van der Waals surface area (Å²) in [6.45, 7) is 5.61. The summed E-state index contributed by atoms with van der Waals surface area (Å²) in [5, 5.41) is 3.60. The number of hydrogen-bond acceptors (Lipinski definition) is 3. The number of nitrogens with one attached hydrogen (secondary N) is 1. The predicted octanol–water partition coefficient (Wildman–Crippen LogP) is 2.39. The van der Waals surface area contributed by atoms with E-state index in [9.17, 15) is 0 Å². The lowest BCUT2D eigenvalue weighted by Gasteiger charge is -2.22. The Morgan fingerprint density at radius 3 is 2.65 bits per heavy atom. The highest BCUT2D eigenvalue weighted by molar-refractivity contribution is 5.51. The van der Waals surface area contributed by atoms with E-state index in [0.717, 1.165) is 19.1 Å². The lowest BCUT2D eigenvalue weighted by molar-refractivity contribution is 0.315. The number of hydrogen-bond donors (Lipinski definition) is 1. The van der Waals surface area contributed by atoms with Crippen molar-refractivity contribution in [2.75, 3.05) is 32.1 Å². The quantitative estimate of drug-likeness (QED) is 0.888. The number of benzene rings is 1. The fourth-order valence-corrected chi connectivity index (χ4v) is 3.01. The van der Waals surface area contributed by atoms with Crippen molar-refractivity contribution in [2.24, 2.45) is 0 Å². The topological polar surface area (TPSA) is 18.5 Å². The molecule has 0 bridgehead atoms. The van der Waals surface area contributed by atoms with Gasteiger partial charge in [-0.2, -0.15) is 0 Å². The molecule has 0 aromatic heterocycles. The van der Waals surface area contributed by atoms with Crippen LogP contribution in [0.1, 0.15) is 30.4 Å². The van der Waals surface area contributed by atoms with Gasteiger partial charge in [0.25, 0.3) is 0 Å². The molecule has 1 aliphatic carbocycles. The molecule has 0 amide bonds. The molecule has 1 aromatic rings. The number of nitrogens with zero attached hydrogens (tertiary/aromatic N) is 2. The third kappa shape index (κ3) is 3.15. The van der Waals surface area contributed by atoms with Gasteiger partial charge in [-0.3, -0.25) is 0 Å². The predicted molar refractivity (Wildman–Crippen MR) is 85.3 cm³/mol. The van der Waals surface area contributed by atoms with Gasteiger partial charge >= 0.3 is 0 Å². The Morgan fingerprint density at radius 1 is 1.25 bits per heavy atom. The summed E-state index contributed by atoms with van der Waals surface area (Å²) in [4.78, 5) is 4.87. The molecule has 3 rings (SSSR count). The van der Waals surface area contributed by atoms with Crippen LogP contribution in [0.3, 0.4) is 0 Å². The van der Waals surface area contributed by atoms with Crippen LogP contribution < -0.4 is 10.2 Å². The van der Waals surface area contributed by atoms with Gasteiger partial charge in [-0.1, -0.05) is 6.07 Å². The van der Waals surface area contributed by atoms with Crippen LogP contribution in [0.4, 0.5) is 5.69 Å². The average molecular weight is 273 g/mol. The molecule has 3 heteroatoms. The Morgan fingerprint density at radius 2 is 2.05 bits per heavy atom. The van der Waals surface area contributed by atoms with Crippen LogP contribution in [-0.4, -0.2) is 44.2 Å². The van der Waals surface area contributed by atoms with E-state index >= 15 is 0 Å². The first kappa shape index (κ1) is 13.9. The molecule has 3 nitrogen and oxygen atoms in total. The van der Waals surface area contributed by atoms with E-state index < -0.39 is 0 Å². The summed E-state index contributed by atoms with van der Waals surface area (Å²) < 4.78 is 0. The highest BCUT2D eigenvalue weighted by Gasteiger charge is 2.24. The van der Waals surface area contributed by atoms with Crippen LogP contribution in [0, 0.1) is 6.92 Å². The molecular formula is C17H27N3. The first-order valence-electron chi connectivity index (χ1n) is 7.88. The third-order valence-electron chi connectivity index (χ3n) is 4.74. The summed E-state index contributed by atoms with van der Waals surface area (Å²) in [6.07, 6.45) is 3.99. The van der Waals surface area contributed by atoms with Crippen molar-refractivity contribution in [2.45, 2.75) is 44.8 Å². The summed E-state index contributed by atoms with van der Waals surface area (Å²) in [5.41, 5.74) is 4.26. The molecule has 1 N–H and O–H groups in total. The lowest BCUT2D eigenvalue weighted by Crippen LogP contribution is -2.31. The molecule has 2 fully saturated rings. The van der Waals surface area contributed by atoms with Crippen molar-refractivity contribution in [3.05, 3.63) is 29.3 Å². The standard InChI is InChI=1S/C17H27N3/c1-13-10-16(20-9-8-17(12-20)19(2)3)7-4-14(13)11-18-15-5-6-15/h4,7,10,15,17-18H,5-6,8-9,11-12H2,1-3H3. The molecular weight excluding hydrogens is 246 g/mol. The van der Waals surface area contributed by atoms with Gasteiger partial charge in [0.1, 0.15) is 0 Å². The Bertz CT molecular complexity index is 465. The fourth-order valence-electron chi connectivity index (χ4n) is 3.01. The molecule has 1 atom stereocenters. The average Bonchev–Trinajstić information content (AvgIpc) is 3.11. The van der Waals surface area contributed by atoms with E-state index in [1.54, 1.807) is 0 Å². The molecule has 1 aliphatic heterocycles.